The zero-order valence-corrected chi connectivity index (χ0v) is 14.5. The van der Waals surface area contributed by atoms with Gasteiger partial charge < -0.3 is 15.4 Å². The van der Waals surface area contributed by atoms with E-state index in [1.54, 1.807) is 23.5 Å². The normalized spacial score (nSPS) is 12.7. The van der Waals surface area contributed by atoms with E-state index in [4.69, 9.17) is 0 Å². The molecule has 0 aliphatic carbocycles. The number of amides is 1. The second-order valence-electron chi connectivity index (χ2n) is 5.79. The van der Waals surface area contributed by atoms with Gasteiger partial charge in [0.1, 0.15) is 0 Å². The highest BCUT2D eigenvalue weighted by atomic mass is 32.1. The van der Waals surface area contributed by atoms with Crippen LogP contribution < -0.4 is 10.2 Å². The molecule has 0 saturated heterocycles. The Bertz CT molecular complexity index is 871. The van der Waals surface area contributed by atoms with Crippen molar-refractivity contribution in [2.45, 2.75) is 13.0 Å². The summed E-state index contributed by atoms with van der Waals surface area (Å²) in [7, 11) is 3.98. The SMILES string of the molecule is Cc1ccsc1[C@@H](CNC(=O)c1ccc2c(c1)no[n+]2[O-])N(C)C. The van der Waals surface area contributed by atoms with Crippen LogP contribution in [-0.4, -0.2) is 36.6 Å². The molecule has 8 heteroatoms. The summed E-state index contributed by atoms with van der Waals surface area (Å²) >= 11 is 1.69. The molecule has 1 amide bonds. The lowest BCUT2D eigenvalue weighted by Gasteiger charge is -2.24. The second-order valence-corrected chi connectivity index (χ2v) is 6.74. The summed E-state index contributed by atoms with van der Waals surface area (Å²) in [5.74, 6) is -0.210. The Morgan fingerprint density at radius 1 is 1.46 bits per heavy atom. The van der Waals surface area contributed by atoms with Crippen LogP contribution in [0.4, 0.5) is 0 Å². The summed E-state index contributed by atoms with van der Waals surface area (Å²) in [6.45, 7) is 2.56. The molecule has 1 atom stereocenters. The predicted octanol–water partition coefficient (Wildman–Crippen LogP) is 1.86. The third kappa shape index (κ3) is 3.10. The Balaban J connectivity index is 1.74. The van der Waals surface area contributed by atoms with E-state index in [1.807, 2.05) is 14.1 Å². The molecule has 3 rings (SSSR count). The largest absolute Gasteiger partial charge is 0.359 e. The molecule has 24 heavy (non-hydrogen) atoms. The third-order valence-corrected chi connectivity index (χ3v) is 5.05. The Kier molecular flexibility index (Phi) is 4.50. The molecule has 0 fully saturated rings. The minimum Gasteiger partial charge on any atom is -0.359 e. The number of rotatable bonds is 5. The van der Waals surface area contributed by atoms with Gasteiger partial charge in [0.15, 0.2) is 0 Å². The van der Waals surface area contributed by atoms with Crippen molar-refractivity contribution in [1.29, 1.82) is 0 Å². The van der Waals surface area contributed by atoms with Crippen LogP contribution in [0.1, 0.15) is 26.8 Å². The van der Waals surface area contributed by atoms with Gasteiger partial charge in [-0.2, -0.15) is 0 Å². The van der Waals surface area contributed by atoms with Crippen molar-refractivity contribution in [1.82, 2.24) is 15.4 Å². The highest BCUT2D eigenvalue weighted by Crippen LogP contribution is 2.26. The molecule has 1 aromatic carbocycles. The molecular formula is C16H18N4O3S. The lowest BCUT2D eigenvalue weighted by Crippen LogP contribution is -2.34. The minimum absolute atomic E-state index is 0.105. The maximum Gasteiger partial charge on any atom is 0.251 e. The Labute approximate surface area is 143 Å². The number of hydrogen-bond donors (Lipinski definition) is 1. The first-order chi connectivity index (χ1) is 11.5. The van der Waals surface area contributed by atoms with E-state index >= 15 is 0 Å². The fraction of sp³-hybridized carbons (Fsp3) is 0.312. The van der Waals surface area contributed by atoms with E-state index in [2.05, 4.69) is 38.4 Å². The first kappa shape index (κ1) is 16.4. The van der Waals surface area contributed by atoms with Gasteiger partial charge in [-0.3, -0.25) is 9.42 Å². The van der Waals surface area contributed by atoms with Crippen molar-refractivity contribution < 1.29 is 14.3 Å². The average molecular weight is 346 g/mol. The maximum atomic E-state index is 12.4. The van der Waals surface area contributed by atoms with Gasteiger partial charge in [-0.05, 0) is 55.1 Å². The fourth-order valence-electron chi connectivity index (χ4n) is 2.54. The predicted molar refractivity (Wildman–Crippen MR) is 90.8 cm³/mol. The fourth-order valence-corrected chi connectivity index (χ4v) is 3.67. The Morgan fingerprint density at radius 2 is 2.25 bits per heavy atom. The number of thiophene rings is 1. The summed E-state index contributed by atoms with van der Waals surface area (Å²) in [5, 5.41) is 19.9. The van der Waals surface area contributed by atoms with Crippen LogP contribution in [0.2, 0.25) is 0 Å². The molecule has 0 aliphatic heterocycles. The van der Waals surface area contributed by atoms with E-state index in [-0.39, 0.29) is 11.9 Å². The van der Waals surface area contributed by atoms with Gasteiger partial charge in [0, 0.05) is 28.2 Å². The van der Waals surface area contributed by atoms with Crippen molar-refractivity contribution in [2.24, 2.45) is 0 Å². The molecule has 126 valence electrons. The van der Waals surface area contributed by atoms with E-state index in [9.17, 15) is 10.0 Å². The van der Waals surface area contributed by atoms with Crippen LogP contribution in [0.15, 0.2) is 34.3 Å². The van der Waals surface area contributed by atoms with Crippen LogP contribution in [-0.2, 0) is 0 Å². The number of nitrogens with zero attached hydrogens (tertiary/aromatic N) is 3. The zero-order chi connectivity index (χ0) is 17.3. The van der Waals surface area contributed by atoms with Gasteiger partial charge >= 0.3 is 0 Å². The van der Waals surface area contributed by atoms with Gasteiger partial charge in [-0.25, -0.2) is 0 Å². The summed E-state index contributed by atoms with van der Waals surface area (Å²) in [5.41, 5.74) is 2.32. The minimum atomic E-state index is -0.210. The van der Waals surface area contributed by atoms with E-state index in [0.717, 1.165) is 0 Å². The molecular weight excluding hydrogens is 328 g/mol. The molecule has 2 heterocycles. The smallest absolute Gasteiger partial charge is 0.251 e. The summed E-state index contributed by atoms with van der Waals surface area (Å²) in [4.78, 5) is 16.0. The molecule has 1 N–H and O–H groups in total. The van der Waals surface area contributed by atoms with Gasteiger partial charge in [0.2, 0.25) is 11.0 Å². The molecule has 0 radical (unpaired) electrons. The number of aryl methyl sites for hydroxylation is 1. The summed E-state index contributed by atoms with van der Waals surface area (Å²) in [6.07, 6.45) is 0. The van der Waals surface area contributed by atoms with Gasteiger partial charge in [-0.15, -0.1) is 11.3 Å². The zero-order valence-electron chi connectivity index (χ0n) is 13.6. The number of aromatic nitrogens is 2. The molecule has 0 unspecified atom stereocenters. The summed E-state index contributed by atoms with van der Waals surface area (Å²) < 4.78 is 4.52. The third-order valence-electron chi connectivity index (χ3n) is 3.93. The van der Waals surface area contributed by atoms with E-state index in [1.165, 1.54) is 16.5 Å². The number of benzene rings is 1. The first-order valence-corrected chi connectivity index (χ1v) is 8.33. The first-order valence-electron chi connectivity index (χ1n) is 7.45. The quantitative estimate of drug-likeness (QED) is 0.713. The van der Waals surface area contributed by atoms with Crippen molar-refractivity contribution in [2.75, 3.05) is 20.6 Å². The van der Waals surface area contributed by atoms with Gasteiger partial charge in [0.25, 0.3) is 5.91 Å². The monoisotopic (exact) mass is 346 g/mol. The van der Waals surface area contributed by atoms with Crippen molar-refractivity contribution in [3.05, 3.63) is 50.9 Å². The number of hydrogen-bond acceptors (Lipinski definition) is 6. The topological polar surface area (TPSA) is 85.3 Å². The number of fused-ring (bicyclic) bond motifs is 1. The van der Waals surface area contributed by atoms with Crippen molar-refractivity contribution in [3.8, 4) is 0 Å². The molecule has 0 bridgehead atoms. The van der Waals surface area contributed by atoms with E-state index in [0.29, 0.717) is 28.0 Å². The van der Waals surface area contributed by atoms with Crippen LogP contribution in [0.5, 0.6) is 0 Å². The molecule has 3 aromatic rings. The van der Waals surface area contributed by atoms with Crippen LogP contribution >= 0.6 is 11.3 Å². The standard InChI is InChI=1S/C16H18N4O3S/c1-10-6-7-24-15(10)14(19(2)3)9-17-16(21)11-4-5-13-12(8-11)18-23-20(13)22/h4-8,14H,9H2,1-3H3,(H,17,21)/t14-/m1/s1. The highest BCUT2D eigenvalue weighted by molar-refractivity contribution is 7.10. The number of likely N-dealkylation sites (N-methyl/N-ethyl adjacent to an activating group) is 1. The van der Waals surface area contributed by atoms with Crippen molar-refractivity contribution in [3.63, 3.8) is 0 Å². The Hall–Kier alpha value is -2.45. The molecule has 0 spiro atoms. The molecule has 7 nitrogen and oxygen atoms in total. The highest BCUT2D eigenvalue weighted by Gasteiger charge is 2.20. The second kappa shape index (κ2) is 6.58. The van der Waals surface area contributed by atoms with Crippen LogP contribution in [0, 0.1) is 12.1 Å². The lowest BCUT2D eigenvalue weighted by molar-refractivity contribution is -0.782. The molecule has 0 aliphatic rings. The van der Waals surface area contributed by atoms with Crippen LogP contribution in [0.25, 0.3) is 11.0 Å². The van der Waals surface area contributed by atoms with Crippen molar-refractivity contribution >= 4 is 28.3 Å². The lowest BCUT2D eigenvalue weighted by atomic mass is 10.1. The molecule has 0 saturated carbocycles. The number of carbonyl (C=O) groups is 1. The average Bonchev–Trinajstić information content (AvgIpc) is 3.13. The van der Waals surface area contributed by atoms with Gasteiger partial charge in [-0.1, -0.05) is 0 Å². The summed E-state index contributed by atoms with van der Waals surface area (Å²) in [6, 6.07) is 6.84. The number of nitrogens with one attached hydrogen (secondary N) is 1. The number of carbonyl (C=O) groups excluding carboxylic acids is 1. The van der Waals surface area contributed by atoms with Gasteiger partial charge in [0.05, 0.1) is 6.04 Å². The Morgan fingerprint density at radius 3 is 2.92 bits per heavy atom. The molecule has 2 aromatic heterocycles. The van der Waals surface area contributed by atoms with E-state index < -0.39 is 0 Å². The maximum absolute atomic E-state index is 12.4. The van der Waals surface area contributed by atoms with Crippen LogP contribution in [0.3, 0.4) is 0 Å².